The number of β-lactam (4-membered cyclic amide) rings is 1. The van der Waals surface area contributed by atoms with Gasteiger partial charge in [0.05, 0.1) is 6.34 Å². The molecule has 1 amide bonds. The van der Waals surface area contributed by atoms with Crippen molar-refractivity contribution < 1.29 is 14.7 Å². The molecular weight excluding hydrogens is 366 g/mol. The molecule has 3 atom stereocenters. The molecular formula is C18H25N5O3S. The third kappa shape index (κ3) is 3.33. The van der Waals surface area contributed by atoms with E-state index in [-0.39, 0.29) is 11.3 Å². The van der Waals surface area contributed by atoms with Crippen LogP contribution in [0.25, 0.3) is 0 Å². The Balaban J connectivity index is 1.31. The van der Waals surface area contributed by atoms with Gasteiger partial charge in [0.15, 0.2) is 6.04 Å². The summed E-state index contributed by atoms with van der Waals surface area (Å²) in [6.07, 6.45) is 8.55. The van der Waals surface area contributed by atoms with E-state index >= 15 is 0 Å². The molecule has 2 unspecified atom stereocenters. The van der Waals surface area contributed by atoms with Gasteiger partial charge in [-0.2, -0.15) is 0 Å². The number of carbonyl (C=O) groups excluding carboxylic acids is 1. The fourth-order valence-corrected chi connectivity index (χ4v) is 5.87. The average molecular weight is 391 g/mol. The first kappa shape index (κ1) is 18.3. The number of aromatic nitrogens is 2. The van der Waals surface area contributed by atoms with Crippen molar-refractivity contribution in [3.63, 3.8) is 0 Å². The van der Waals surface area contributed by atoms with Crippen molar-refractivity contribution in [2.45, 2.75) is 55.3 Å². The fraction of sp³-hybridized carbons (Fsp3) is 0.667. The first-order valence-corrected chi connectivity index (χ1v) is 10.2. The number of imidazole rings is 1. The maximum Gasteiger partial charge on any atom is 0.327 e. The summed E-state index contributed by atoms with van der Waals surface area (Å²) in [6.45, 7) is 5.60. The highest BCUT2D eigenvalue weighted by Gasteiger charge is 2.63. The van der Waals surface area contributed by atoms with Gasteiger partial charge in [-0.25, -0.2) is 9.78 Å². The van der Waals surface area contributed by atoms with Crippen molar-refractivity contribution in [1.82, 2.24) is 19.8 Å². The first-order chi connectivity index (χ1) is 12.9. The Morgan fingerprint density at radius 2 is 2.22 bits per heavy atom. The van der Waals surface area contributed by atoms with Crippen LogP contribution in [-0.2, 0) is 16.0 Å². The van der Waals surface area contributed by atoms with Crippen molar-refractivity contribution in [3.8, 4) is 0 Å². The molecule has 3 aliphatic heterocycles. The molecule has 0 aromatic carbocycles. The minimum atomic E-state index is -0.940. The van der Waals surface area contributed by atoms with Crippen LogP contribution in [0.5, 0.6) is 0 Å². The Bertz CT molecular complexity index is 742. The summed E-state index contributed by atoms with van der Waals surface area (Å²) >= 11 is 1.54. The largest absolute Gasteiger partial charge is 0.480 e. The van der Waals surface area contributed by atoms with Gasteiger partial charge < -0.3 is 19.9 Å². The molecule has 0 spiro atoms. The lowest BCUT2D eigenvalue weighted by Gasteiger charge is -2.41. The smallest absolute Gasteiger partial charge is 0.327 e. The SMILES string of the molecule is CC1(C)SC2C(N=CN3CCC(Cc4ncc[nH]4)CC3)C(=O)N2[C@H]1C(=O)O. The van der Waals surface area contributed by atoms with E-state index in [9.17, 15) is 14.7 Å². The van der Waals surface area contributed by atoms with E-state index in [1.807, 2.05) is 20.0 Å². The Morgan fingerprint density at radius 1 is 1.48 bits per heavy atom. The number of piperidine rings is 1. The molecule has 27 heavy (non-hydrogen) atoms. The van der Waals surface area contributed by atoms with Crippen molar-refractivity contribution in [2.75, 3.05) is 13.1 Å². The molecule has 1 aromatic heterocycles. The summed E-state index contributed by atoms with van der Waals surface area (Å²) in [7, 11) is 0. The number of fused-ring (bicyclic) bond motifs is 1. The number of rotatable bonds is 5. The number of amides is 1. The molecule has 4 rings (SSSR count). The van der Waals surface area contributed by atoms with Gasteiger partial charge in [-0.05, 0) is 32.6 Å². The third-order valence-electron chi connectivity index (χ3n) is 5.72. The van der Waals surface area contributed by atoms with E-state index in [4.69, 9.17) is 0 Å². The number of carboxylic acids is 1. The quantitative estimate of drug-likeness (QED) is 0.444. The van der Waals surface area contributed by atoms with Crippen LogP contribution in [0.4, 0.5) is 0 Å². The number of nitrogens with zero attached hydrogens (tertiary/aromatic N) is 4. The minimum absolute atomic E-state index is 0.165. The van der Waals surface area contributed by atoms with Crippen LogP contribution in [0.1, 0.15) is 32.5 Å². The molecule has 8 nitrogen and oxygen atoms in total. The monoisotopic (exact) mass is 391 g/mol. The molecule has 3 fully saturated rings. The fourth-order valence-electron chi connectivity index (χ4n) is 4.25. The Hall–Kier alpha value is -2.03. The van der Waals surface area contributed by atoms with Crippen molar-refractivity contribution in [1.29, 1.82) is 0 Å². The summed E-state index contributed by atoms with van der Waals surface area (Å²) in [5.41, 5.74) is 0. The molecule has 3 aliphatic rings. The van der Waals surface area contributed by atoms with Gasteiger partial charge in [0.2, 0.25) is 0 Å². The third-order valence-corrected chi connectivity index (χ3v) is 7.28. The van der Waals surface area contributed by atoms with Crippen LogP contribution in [0, 0.1) is 5.92 Å². The first-order valence-electron chi connectivity index (χ1n) is 9.35. The summed E-state index contributed by atoms with van der Waals surface area (Å²) in [6, 6.07) is -1.23. The predicted octanol–water partition coefficient (Wildman–Crippen LogP) is 1.21. The molecule has 3 saturated heterocycles. The normalized spacial score (nSPS) is 30.6. The maximum absolute atomic E-state index is 12.5. The van der Waals surface area contributed by atoms with Gasteiger partial charge >= 0.3 is 5.97 Å². The zero-order valence-corrected chi connectivity index (χ0v) is 16.4. The summed E-state index contributed by atoms with van der Waals surface area (Å²) in [5, 5.41) is 9.30. The number of nitrogens with one attached hydrogen (secondary N) is 1. The zero-order valence-electron chi connectivity index (χ0n) is 15.5. The molecule has 0 bridgehead atoms. The van der Waals surface area contributed by atoms with Crippen LogP contribution < -0.4 is 0 Å². The molecule has 1 aromatic rings. The van der Waals surface area contributed by atoms with Crippen LogP contribution in [0.15, 0.2) is 17.4 Å². The lowest BCUT2D eigenvalue weighted by Crippen LogP contribution is -2.65. The van der Waals surface area contributed by atoms with Crippen LogP contribution in [0.3, 0.4) is 0 Å². The second kappa shape index (κ2) is 6.85. The number of carboxylic acid groups (broad SMARTS) is 1. The number of aliphatic carboxylic acids is 1. The number of carbonyl (C=O) groups is 2. The van der Waals surface area contributed by atoms with Gasteiger partial charge in [-0.3, -0.25) is 9.79 Å². The highest BCUT2D eigenvalue weighted by atomic mass is 32.2. The topological polar surface area (TPSA) is 102 Å². The van der Waals surface area contributed by atoms with E-state index in [0.29, 0.717) is 5.92 Å². The Labute approximate surface area is 162 Å². The second-order valence-electron chi connectivity index (χ2n) is 8.03. The molecule has 0 radical (unpaired) electrons. The number of aromatic amines is 1. The second-order valence-corrected chi connectivity index (χ2v) is 9.80. The lowest BCUT2D eigenvalue weighted by atomic mass is 9.93. The van der Waals surface area contributed by atoms with Crippen molar-refractivity contribution in [3.05, 3.63) is 18.2 Å². The number of thioether (sulfide) groups is 1. The van der Waals surface area contributed by atoms with E-state index in [1.54, 1.807) is 12.5 Å². The predicted molar refractivity (Wildman–Crippen MR) is 103 cm³/mol. The lowest BCUT2D eigenvalue weighted by molar-refractivity contribution is -0.158. The average Bonchev–Trinajstić information content (AvgIpc) is 3.20. The van der Waals surface area contributed by atoms with Gasteiger partial charge in [0, 0.05) is 36.7 Å². The van der Waals surface area contributed by atoms with Gasteiger partial charge in [-0.1, -0.05) is 0 Å². The van der Waals surface area contributed by atoms with Crippen molar-refractivity contribution in [2.24, 2.45) is 10.9 Å². The number of aliphatic imine (C=N–C) groups is 1. The summed E-state index contributed by atoms with van der Waals surface area (Å²) < 4.78 is -0.499. The molecule has 9 heteroatoms. The number of hydrogen-bond donors (Lipinski definition) is 2. The van der Waals surface area contributed by atoms with Crippen LogP contribution in [-0.4, -0.2) is 78.4 Å². The highest BCUT2D eigenvalue weighted by Crippen LogP contribution is 2.51. The van der Waals surface area contributed by atoms with Gasteiger partial charge in [0.1, 0.15) is 17.2 Å². The van der Waals surface area contributed by atoms with E-state index in [0.717, 1.165) is 38.2 Å². The van der Waals surface area contributed by atoms with E-state index < -0.39 is 22.8 Å². The van der Waals surface area contributed by atoms with E-state index in [1.165, 1.54) is 16.7 Å². The van der Waals surface area contributed by atoms with Crippen molar-refractivity contribution >= 4 is 30.0 Å². The summed E-state index contributed by atoms with van der Waals surface area (Å²) in [4.78, 5) is 39.6. The standard InChI is InChI=1S/C18H25N5O3S/c1-18(2)14(17(25)26)23-15(24)13(16(23)27-18)21-10-22-7-3-11(4-8-22)9-12-19-5-6-20-12/h5-6,10-11,13-14,16H,3-4,7-9H2,1-2H3,(H,19,20)(H,25,26)/t13?,14-,16?/m0/s1. The number of H-pyrrole nitrogens is 1. The molecule has 4 heterocycles. The van der Waals surface area contributed by atoms with Gasteiger partial charge in [-0.15, -0.1) is 11.8 Å². The van der Waals surface area contributed by atoms with E-state index in [2.05, 4.69) is 19.9 Å². The number of hydrogen-bond acceptors (Lipinski definition) is 5. The summed E-state index contributed by atoms with van der Waals surface area (Å²) in [5.74, 6) is 0.541. The minimum Gasteiger partial charge on any atom is -0.480 e. The Morgan fingerprint density at radius 3 is 2.85 bits per heavy atom. The molecule has 0 saturated carbocycles. The zero-order chi connectivity index (χ0) is 19.2. The molecule has 2 N–H and O–H groups in total. The van der Waals surface area contributed by atoms with Crippen LogP contribution in [0.2, 0.25) is 0 Å². The maximum atomic E-state index is 12.5. The molecule has 146 valence electrons. The van der Waals surface area contributed by atoms with Crippen LogP contribution >= 0.6 is 11.8 Å². The molecule has 0 aliphatic carbocycles. The Kier molecular flexibility index (Phi) is 4.65. The number of likely N-dealkylation sites (tertiary alicyclic amines) is 1. The van der Waals surface area contributed by atoms with Gasteiger partial charge in [0.25, 0.3) is 5.91 Å². The highest BCUT2D eigenvalue weighted by molar-refractivity contribution is 8.01.